The maximum Gasteiger partial charge on any atom is 0.298 e. The fraction of sp³-hybridized carbons (Fsp3) is 0.364. The maximum atomic E-state index is 10.8. The van der Waals surface area contributed by atoms with Gasteiger partial charge in [-0.15, -0.1) is 0 Å². The number of hydrogen-bond donors (Lipinski definition) is 1. The zero-order chi connectivity index (χ0) is 12.6. The molecule has 0 unspecified atom stereocenters. The van der Waals surface area contributed by atoms with Crippen molar-refractivity contribution in [1.82, 2.24) is 4.98 Å². The first kappa shape index (κ1) is 11.4. The van der Waals surface area contributed by atoms with Gasteiger partial charge in [0.2, 0.25) is 0 Å². The van der Waals surface area contributed by atoms with E-state index in [-0.39, 0.29) is 16.7 Å². The molecule has 6 nitrogen and oxygen atoms in total. The predicted octanol–water partition coefficient (Wildman–Crippen LogP) is 2.95. The van der Waals surface area contributed by atoms with Crippen LogP contribution in [0.1, 0.15) is 20.8 Å². The Kier molecular flexibility index (Phi) is 2.49. The van der Waals surface area contributed by atoms with Crippen molar-refractivity contribution in [2.24, 2.45) is 0 Å². The summed E-state index contributed by atoms with van der Waals surface area (Å²) in [5, 5.41) is 13.8. The van der Waals surface area contributed by atoms with Crippen LogP contribution in [0.3, 0.4) is 0 Å². The Bertz CT molecular complexity index is 569. The highest BCUT2D eigenvalue weighted by Crippen LogP contribution is 2.28. The molecule has 2 aromatic rings. The molecule has 90 valence electrons. The summed E-state index contributed by atoms with van der Waals surface area (Å²) in [4.78, 5) is 14.4. The van der Waals surface area contributed by atoms with Gasteiger partial charge in [0.05, 0.1) is 4.92 Å². The number of aromatic nitrogens is 1. The van der Waals surface area contributed by atoms with E-state index in [9.17, 15) is 10.1 Å². The Morgan fingerprint density at radius 3 is 2.71 bits per heavy atom. The minimum Gasteiger partial charge on any atom is -0.423 e. The lowest BCUT2D eigenvalue weighted by Gasteiger charge is -2.18. The summed E-state index contributed by atoms with van der Waals surface area (Å²) in [7, 11) is 0. The van der Waals surface area contributed by atoms with Crippen molar-refractivity contribution in [3.8, 4) is 0 Å². The summed E-state index contributed by atoms with van der Waals surface area (Å²) in [6.07, 6.45) is 0. The van der Waals surface area contributed by atoms with Gasteiger partial charge < -0.3 is 9.73 Å². The number of rotatable bonds is 2. The molecule has 0 bridgehead atoms. The molecule has 0 saturated carbocycles. The van der Waals surface area contributed by atoms with E-state index in [1.165, 1.54) is 6.07 Å². The lowest BCUT2D eigenvalue weighted by molar-refractivity contribution is -0.383. The van der Waals surface area contributed by atoms with Crippen LogP contribution in [0.15, 0.2) is 22.6 Å². The van der Waals surface area contributed by atoms with Crippen LogP contribution in [0.25, 0.3) is 11.1 Å². The highest BCUT2D eigenvalue weighted by Gasteiger charge is 2.19. The molecule has 0 radical (unpaired) electrons. The number of hydrogen-bond acceptors (Lipinski definition) is 5. The molecule has 0 fully saturated rings. The van der Waals surface area contributed by atoms with Gasteiger partial charge >= 0.3 is 0 Å². The van der Waals surface area contributed by atoms with E-state index in [1.54, 1.807) is 12.1 Å². The molecule has 1 heterocycles. The van der Waals surface area contributed by atoms with Crippen molar-refractivity contribution in [3.63, 3.8) is 0 Å². The van der Waals surface area contributed by atoms with Gasteiger partial charge in [-0.25, -0.2) is 0 Å². The Balaban J connectivity index is 2.50. The average molecular weight is 235 g/mol. The van der Waals surface area contributed by atoms with Gasteiger partial charge in [-0.2, -0.15) is 4.98 Å². The van der Waals surface area contributed by atoms with Crippen molar-refractivity contribution in [2.45, 2.75) is 26.3 Å². The molecular formula is C11H13N3O3. The Labute approximate surface area is 97.8 Å². The third kappa shape index (κ3) is 2.35. The second kappa shape index (κ2) is 3.73. The van der Waals surface area contributed by atoms with Crippen LogP contribution in [0.4, 0.5) is 11.7 Å². The molecule has 0 spiro atoms. The molecule has 17 heavy (non-hydrogen) atoms. The summed E-state index contributed by atoms with van der Waals surface area (Å²) in [6, 6.07) is 4.93. The zero-order valence-corrected chi connectivity index (χ0v) is 9.85. The smallest absolute Gasteiger partial charge is 0.298 e. The van der Waals surface area contributed by atoms with Gasteiger partial charge in [0.1, 0.15) is 0 Å². The standard InChI is InChI=1S/C11H13N3O3/c1-11(2,3)13-10-12-9-7(14(15)16)5-4-6-8(9)17-10/h4-6H,1-3H3,(H,12,13). The molecule has 0 aliphatic carbocycles. The van der Waals surface area contributed by atoms with Crippen LogP contribution in [0, 0.1) is 10.1 Å². The summed E-state index contributed by atoms with van der Waals surface area (Å²) in [5.74, 6) is 0. The van der Waals surface area contributed by atoms with Gasteiger partial charge in [0, 0.05) is 11.6 Å². The molecule has 1 aromatic heterocycles. The molecule has 0 saturated heterocycles. The summed E-state index contributed by atoms with van der Waals surface area (Å²) < 4.78 is 5.41. The number of benzene rings is 1. The van der Waals surface area contributed by atoms with Crippen LogP contribution < -0.4 is 5.32 Å². The fourth-order valence-corrected chi connectivity index (χ4v) is 1.46. The van der Waals surface area contributed by atoms with Crippen LogP contribution >= 0.6 is 0 Å². The third-order valence-corrected chi connectivity index (χ3v) is 2.08. The van der Waals surface area contributed by atoms with Gasteiger partial charge in [-0.05, 0) is 26.8 Å². The predicted molar refractivity (Wildman–Crippen MR) is 64.0 cm³/mol. The first-order valence-corrected chi connectivity index (χ1v) is 5.19. The van der Waals surface area contributed by atoms with E-state index in [0.29, 0.717) is 11.6 Å². The molecule has 0 amide bonds. The molecule has 2 rings (SSSR count). The first-order valence-electron chi connectivity index (χ1n) is 5.19. The molecule has 1 N–H and O–H groups in total. The maximum absolute atomic E-state index is 10.8. The highest BCUT2D eigenvalue weighted by molar-refractivity contribution is 5.84. The second-order valence-electron chi connectivity index (χ2n) is 4.78. The number of nitro benzene ring substituents is 1. The number of nitrogens with one attached hydrogen (secondary N) is 1. The number of para-hydroxylation sites is 1. The van der Waals surface area contributed by atoms with Gasteiger partial charge in [0.25, 0.3) is 11.7 Å². The van der Waals surface area contributed by atoms with Crippen molar-refractivity contribution in [3.05, 3.63) is 28.3 Å². The van der Waals surface area contributed by atoms with E-state index >= 15 is 0 Å². The molecule has 1 aromatic carbocycles. The summed E-state index contributed by atoms with van der Waals surface area (Å²) in [5.41, 5.74) is 0.416. The number of nitro groups is 1. The normalized spacial score (nSPS) is 11.7. The molecule has 6 heteroatoms. The van der Waals surface area contributed by atoms with E-state index in [4.69, 9.17) is 4.42 Å². The minimum absolute atomic E-state index is 0.0480. The van der Waals surface area contributed by atoms with E-state index in [1.807, 2.05) is 20.8 Å². The van der Waals surface area contributed by atoms with E-state index in [0.717, 1.165) is 0 Å². The van der Waals surface area contributed by atoms with E-state index < -0.39 is 4.92 Å². The van der Waals surface area contributed by atoms with Crippen molar-refractivity contribution < 1.29 is 9.34 Å². The minimum atomic E-state index is -0.467. The van der Waals surface area contributed by atoms with Crippen molar-refractivity contribution in [1.29, 1.82) is 0 Å². The Morgan fingerprint density at radius 1 is 1.41 bits per heavy atom. The topological polar surface area (TPSA) is 81.2 Å². The SMILES string of the molecule is CC(C)(C)Nc1nc2c([N+](=O)[O-])cccc2o1. The number of anilines is 1. The lowest BCUT2D eigenvalue weighted by atomic mass is 10.1. The van der Waals surface area contributed by atoms with Crippen LogP contribution in [-0.2, 0) is 0 Å². The zero-order valence-electron chi connectivity index (χ0n) is 9.85. The highest BCUT2D eigenvalue weighted by atomic mass is 16.6. The third-order valence-electron chi connectivity index (χ3n) is 2.08. The molecule has 0 aliphatic heterocycles. The summed E-state index contributed by atoms with van der Waals surface area (Å²) in [6.45, 7) is 5.86. The van der Waals surface area contributed by atoms with Gasteiger partial charge in [-0.3, -0.25) is 10.1 Å². The largest absolute Gasteiger partial charge is 0.423 e. The lowest BCUT2D eigenvalue weighted by Crippen LogP contribution is -2.26. The molecule has 0 atom stereocenters. The number of oxazole rings is 1. The van der Waals surface area contributed by atoms with Crippen molar-refractivity contribution in [2.75, 3.05) is 5.32 Å². The number of non-ortho nitro benzene ring substituents is 1. The van der Waals surface area contributed by atoms with Crippen molar-refractivity contribution >= 4 is 22.8 Å². The Morgan fingerprint density at radius 2 is 2.12 bits per heavy atom. The quantitative estimate of drug-likeness (QED) is 0.639. The van der Waals surface area contributed by atoms with Crippen LogP contribution in [0.5, 0.6) is 0 Å². The van der Waals surface area contributed by atoms with E-state index in [2.05, 4.69) is 10.3 Å². The second-order valence-corrected chi connectivity index (χ2v) is 4.78. The summed E-state index contributed by atoms with van der Waals surface area (Å²) >= 11 is 0. The fourth-order valence-electron chi connectivity index (χ4n) is 1.46. The Hall–Kier alpha value is -2.11. The molecular weight excluding hydrogens is 222 g/mol. The van der Waals surface area contributed by atoms with Crippen LogP contribution in [-0.4, -0.2) is 15.4 Å². The van der Waals surface area contributed by atoms with Gasteiger partial charge in [0.15, 0.2) is 11.1 Å². The number of fused-ring (bicyclic) bond motifs is 1. The average Bonchev–Trinajstić information content (AvgIpc) is 2.55. The van der Waals surface area contributed by atoms with Gasteiger partial charge in [-0.1, -0.05) is 6.07 Å². The monoisotopic (exact) mass is 235 g/mol. The molecule has 0 aliphatic rings. The van der Waals surface area contributed by atoms with Crippen LogP contribution in [0.2, 0.25) is 0 Å². The number of nitrogens with zero attached hydrogens (tertiary/aromatic N) is 2. The first-order chi connectivity index (χ1) is 7.87.